The number of hydrogen-bond acceptors (Lipinski definition) is 4. The van der Waals surface area contributed by atoms with Gasteiger partial charge in [0.05, 0.1) is 12.7 Å². The molecule has 1 heterocycles. The summed E-state index contributed by atoms with van der Waals surface area (Å²) < 4.78 is 11.4. The van der Waals surface area contributed by atoms with Gasteiger partial charge in [-0.25, -0.2) is 9.79 Å². The minimum Gasteiger partial charge on any atom is -0.496 e. The van der Waals surface area contributed by atoms with Crippen LogP contribution < -0.4 is 4.74 Å². The number of ether oxygens (including phenoxy) is 2. The van der Waals surface area contributed by atoms with Crippen LogP contribution in [0.25, 0.3) is 6.08 Å². The monoisotopic (exact) mass is 357 g/mol. The topological polar surface area (TPSA) is 47.9 Å². The van der Waals surface area contributed by atoms with E-state index in [0.717, 1.165) is 10.0 Å². The quantitative estimate of drug-likeness (QED) is 0.619. The average molecular weight is 358 g/mol. The van der Waals surface area contributed by atoms with Crippen molar-refractivity contribution in [3.8, 4) is 5.75 Å². The molecule has 0 radical (unpaired) electrons. The fourth-order valence-corrected chi connectivity index (χ4v) is 2.48. The SMILES string of the molecule is COc1ccccc1C1=N/C(=C\c2ccccc2Br)C(=O)O1. The highest BCUT2D eigenvalue weighted by molar-refractivity contribution is 9.10. The molecule has 0 fully saturated rings. The maximum absolute atomic E-state index is 12.0. The number of halogens is 1. The maximum atomic E-state index is 12.0. The van der Waals surface area contributed by atoms with E-state index in [9.17, 15) is 4.79 Å². The number of nitrogens with zero attached hydrogens (tertiary/aromatic N) is 1. The third kappa shape index (κ3) is 2.80. The third-order valence-corrected chi connectivity index (χ3v) is 3.88. The van der Waals surface area contributed by atoms with E-state index >= 15 is 0 Å². The molecule has 0 aliphatic carbocycles. The number of para-hydroxylation sites is 1. The lowest BCUT2D eigenvalue weighted by Crippen LogP contribution is -2.06. The van der Waals surface area contributed by atoms with Crippen molar-refractivity contribution in [1.29, 1.82) is 0 Å². The van der Waals surface area contributed by atoms with E-state index in [4.69, 9.17) is 9.47 Å². The van der Waals surface area contributed by atoms with E-state index in [0.29, 0.717) is 11.3 Å². The number of methoxy groups -OCH3 is 1. The van der Waals surface area contributed by atoms with Gasteiger partial charge in [0.1, 0.15) is 5.75 Å². The Labute approximate surface area is 136 Å². The Bertz CT molecular complexity index is 796. The van der Waals surface area contributed by atoms with Gasteiger partial charge in [0.25, 0.3) is 0 Å². The van der Waals surface area contributed by atoms with Crippen molar-refractivity contribution < 1.29 is 14.3 Å². The largest absolute Gasteiger partial charge is 0.496 e. The molecule has 0 N–H and O–H groups in total. The molecule has 2 aromatic rings. The Morgan fingerprint density at radius 2 is 1.86 bits per heavy atom. The Kier molecular flexibility index (Phi) is 4.06. The van der Waals surface area contributed by atoms with E-state index < -0.39 is 5.97 Å². The highest BCUT2D eigenvalue weighted by Crippen LogP contribution is 2.26. The second-order valence-electron chi connectivity index (χ2n) is 4.56. The number of cyclic esters (lactones) is 1. The predicted molar refractivity (Wildman–Crippen MR) is 87.7 cm³/mol. The Morgan fingerprint density at radius 1 is 1.14 bits per heavy atom. The lowest BCUT2D eigenvalue weighted by Gasteiger charge is -2.05. The van der Waals surface area contributed by atoms with Gasteiger partial charge in [-0.05, 0) is 29.8 Å². The highest BCUT2D eigenvalue weighted by atomic mass is 79.9. The Balaban J connectivity index is 2.00. The van der Waals surface area contributed by atoms with Crippen molar-refractivity contribution in [2.45, 2.75) is 0 Å². The first-order valence-electron chi connectivity index (χ1n) is 6.59. The first-order chi connectivity index (χ1) is 10.7. The van der Waals surface area contributed by atoms with Crippen molar-refractivity contribution >= 4 is 33.9 Å². The highest BCUT2D eigenvalue weighted by Gasteiger charge is 2.26. The lowest BCUT2D eigenvalue weighted by atomic mass is 10.2. The minimum absolute atomic E-state index is 0.251. The zero-order valence-electron chi connectivity index (χ0n) is 11.7. The fourth-order valence-electron chi connectivity index (χ4n) is 2.09. The lowest BCUT2D eigenvalue weighted by molar-refractivity contribution is -0.129. The van der Waals surface area contributed by atoms with E-state index in [-0.39, 0.29) is 11.6 Å². The maximum Gasteiger partial charge on any atom is 0.363 e. The molecule has 1 aliphatic rings. The number of hydrogen-bond donors (Lipinski definition) is 0. The van der Waals surface area contributed by atoms with Crippen LogP contribution in [-0.4, -0.2) is 19.0 Å². The van der Waals surface area contributed by atoms with Crippen LogP contribution in [0.3, 0.4) is 0 Å². The van der Waals surface area contributed by atoms with Gasteiger partial charge in [0.15, 0.2) is 5.70 Å². The molecule has 0 saturated carbocycles. The molecule has 0 bridgehead atoms. The van der Waals surface area contributed by atoms with Gasteiger partial charge in [-0.1, -0.05) is 46.3 Å². The summed E-state index contributed by atoms with van der Waals surface area (Å²) in [7, 11) is 1.56. The second kappa shape index (κ2) is 6.15. The Hall–Kier alpha value is -2.40. The molecule has 5 heteroatoms. The number of aliphatic imine (C=N–C) groups is 1. The van der Waals surface area contributed by atoms with Crippen LogP contribution in [0.2, 0.25) is 0 Å². The fraction of sp³-hybridized carbons (Fsp3) is 0.0588. The number of carbonyl (C=O) groups is 1. The van der Waals surface area contributed by atoms with Crippen LogP contribution >= 0.6 is 15.9 Å². The first kappa shape index (κ1) is 14.5. The number of benzene rings is 2. The van der Waals surface area contributed by atoms with Gasteiger partial charge in [-0.15, -0.1) is 0 Å². The van der Waals surface area contributed by atoms with Crippen LogP contribution in [0, 0.1) is 0 Å². The summed E-state index contributed by atoms with van der Waals surface area (Å²) in [6.45, 7) is 0. The van der Waals surface area contributed by atoms with Gasteiger partial charge < -0.3 is 9.47 Å². The third-order valence-electron chi connectivity index (χ3n) is 3.16. The van der Waals surface area contributed by atoms with Crippen molar-refractivity contribution in [3.05, 3.63) is 69.8 Å². The summed E-state index contributed by atoms with van der Waals surface area (Å²) in [6, 6.07) is 14.9. The average Bonchev–Trinajstić information content (AvgIpc) is 2.90. The normalized spacial score (nSPS) is 15.6. The molecule has 0 saturated heterocycles. The number of carbonyl (C=O) groups excluding carboxylic acids is 1. The summed E-state index contributed by atoms with van der Waals surface area (Å²) >= 11 is 3.44. The molecule has 22 heavy (non-hydrogen) atoms. The standard InChI is InChI=1S/C17H12BrNO3/c1-21-15-9-5-3-7-12(15)16-19-14(17(20)22-16)10-11-6-2-4-8-13(11)18/h2-10H,1H3/b14-10-. The molecule has 0 aromatic heterocycles. The summed E-state index contributed by atoms with van der Waals surface area (Å²) in [5, 5.41) is 0. The van der Waals surface area contributed by atoms with Gasteiger partial charge in [0.2, 0.25) is 5.90 Å². The van der Waals surface area contributed by atoms with Gasteiger partial charge in [0, 0.05) is 4.47 Å². The summed E-state index contributed by atoms with van der Waals surface area (Å²) in [5.41, 5.74) is 1.76. The zero-order chi connectivity index (χ0) is 15.5. The molecule has 0 unspecified atom stereocenters. The second-order valence-corrected chi connectivity index (χ2v) is 5.41. The first-order valence-corrected chi connectivity index (χ1v) is 7.39. The molecule has 0 atom stereocenters. The van der Waals surface area contributed by atoms with E-state index in [1.54, 1.807) is 25.3 Å². The van der Waals surface area contributed by atoms with Gasteiger partial charge in [-0.3, -0.25) is 0 Å². The molecule has 2 aromatic carbocycles. The molecular weight excluding hydrogens is 346 g/mol. The van der Waals surface area contributed by atoms with Crippen LogP contribution in [0.4, 0.5) is 0 Å². The van der Waals surface area contributed by atoms with Crippen LogP contribution in [-0.2, 0) is 9.53 Å². The van der Waals surface area contributed by atoms with Crippen molar-refractivity contribution in [2.24, 2.45) is 4.99 Å². The summed E-state index contributed by atoms with van der Waals surface area (Å²) in [5.74, 6) is 0.383. The minimum atomic E-state index is -0.475. The molecule has 0 amide bonds. The number of rotatable bonds is 3. The zero-order valence-corrected chi connectivity index (χ0v) is 13.3. The molecule has 4 nitrogen and oxygen atoms in total. The van der Waals surface area contributed by atoms with Crippen molar-refractivity contribution in [2.75, 3.05) is 7.11 Å². The molecule has 0 spiro atoms. The van der Waals surface area contributed by atoms with E-state index in [2.05, 4.69) is 20.9 Å². The predicted octanol–water partition coefficient (Wildman–Crippen LogP) is 3.80. The van der Waals surface area contributed by atoms with Crippen molar-refractivity contribution in [1.82, 2.24) is 0 Å². The van der Waals surface area contributed by atoms with Crippen LogP contribution in [0.5, 0.6) is 5.75 Å². The number of esters is 1. The molecule has 1 aliphatic heterocycles. The van der Waals surface area contributed by atoms with Crippen LogP contribution in [0.1, 0.15) is 11.1 Å². The summed E-state index contributed by atoms with van der Waals surface area (Å²) in [4.78, 5) is 16.3. The van der Waals surface area contributed by atoms with Crippen LogP contribution in [0.15, 0.2) is 63.7 Å². The van der Waals surface area contributed by atoms with E-state index in [1.807, 2.05) is 36.4 Å². The van der Waals surface area contributed by atoms with Crippen molar-refractivity contribution in [3.63, 3.8) is 0 Å². The molecule has 110 valence electrons. The smallest absolute Gasteiger partial charge is 0.363 e. The summed E-state index contributed by atoms with van der Waals surface area (Å²) in [6.07, 6.45) is 1.69. The Morgan fingerprint density at radius 3 is 2.64 bits per heavy atom. The molecule has 3 rings (SSSR count). The van der Waals surface area contributed by atoms with Gasteiger partial charge >= 0.3 is 5.97 Å². The van der Waals surface area contributed by atoms with E-state index in [1.165, 1.54) is 0 Å². The molecular formula is C17H12BrNO3. The van der Waals surface area contributed by atoms with Gasteiger partial charge in [-0.2, -0.15) is 0 Å².